The number of hydrogen-bond acceptors (Lipinski definition) is 3. The van der Waals surface area contributed by atoms with Gasteiger partial charge in [-0.25, -0.2) is 0 Å². The van der Waals surface area contributed by atoms with Crippen LogP contribution in [-0.4, -0.2) is 26.9 Å². The van der Waals surface area contributed by atoms with Gasteiger partial charge in [0.25, 0.3) is 0 Å². The molecule has 5 unspecified atom stereocenters. The molecule has 160 valence electrons. The van der Waals surface area contributed by atoms with Crippen LogP contribution in [0.4, 0.5) is 0 Å². The molecule has 0 spiro atoms. The number of nitrogens with one attached hydrogen (secondary N) is 1. The Kier molecular flexibility index (Phi) is 5.02. The largest absolute Gasteiger partial charge is 0.494 e. The van der Waals surface area contributed by atoms with Gasteiger partial charge in [0.05, 0.1) is 11.5 Å². The number of halogens is 1. The van der Waals surface area contributed by atoms with E-state index in [0.717, 1.165) is 53.1 Å². The molecule has 2 aromatic rings. The van der Waals surface area contributed by atoms with Crippen molar-refractivity contribution >= 4 is 26.7 Å². The van der Waals surface area contributed by atoms with E-state index in [1.807, 2.05) is 18.3 Å². The summed E-state index contributed by atoms with van der Waals surface area (Å²) in [5.74, 6) is 1.78. The number of rotatable bonds is 3. The van der Waals surface area contributed by atoms with E-state index in [0.29, 0.717) is 5.92 Å². The predicted molar refractivity (Wildman–Crippen MR) is 120 cm³/mol. The molecule has 4 rings (SSSR count). The van der Waals surface area contributed by atoms with Gasteiger partial charge in [-0.3, -0.25) is 0 Å². The highest BCUT2D eigenvalue weighted by Gasteiger charge is 2.65. The van der Waals surface area contributed by atoms with Crippen LogP contribution in [0, 0.1) is 22.7 Å². The third-order valence-corrected chi connectivity index (χ3v) is 9.48. The van der Waals surface area contributed by atoms with E-state index in [2.05, 4.69) is 55.5 Å². The third-order valence-electron chi connectivity index (χ3n) is 8.82. The average molecular weight is 464 g/mol. The van der Waals surface area contributed by atoms with Gasteiger partial charge in [0, 0.05) is 27.4 Å². The van der Waals surface area contributed by atoms with Crippen LogP contribution < -0.4 is 4.74 Å². The van der Waals surface area contributed by atoms with Crippen molar-refractivity contribution < 1.29 is 14.9 Å². The number of fused-ring (bicyclic) bond motifs is 2. The van der Waals surface area contributed by atoms with Crippen LogP contribution in [-0.2, 0) is 0 Å². The highest BCUT2D eigenvalue weighted by molar-refractivity contribution is 9.10. The Hall–Kier alpha value is -1.20. The molecule has 0 aliphatic heterocycles. The minimum atomic E-state index is -0.351. The van der Waals surface area contributed by atoms with Gasteiger partial charge in [0.1, 0.15) is 11.4 Å². The summed E-state index contributed by atoms with van der Waals surface area (Å²) < 4.78 is 7.98. The Morgan fingerprint density at radius 2 is 1.93 bits per heavy atom. The number of hydrogen-bond donors (Lipinski definition) is 3. The summed E-state index contributed by atoms with van der Waals surface area (Å²) in [5, 5.41) is 22.8. The van der Waals surface area contributed by atoms with Gasteiger partial charge in [-0.2, -0.15) is 0 Å². The maximum Gasteiger partial charge on any atom is 0.197 e. The molecule has 0 bridgehead atoms. The molecule has 1 heterocycles. The van der Waals surface area contributed by atoms with E-state index < -0.39 is 0 Å². The van der Waals surface area contributed by atoms with Crippen molar-refractivity contribution in [3.05, 3.63) is 22.8 Å². The Labute approximate surface area is 182 Å². The zero-order valence-corrected chi connectivity index (χ0v) is 19.8. The average Bonchev–Trinajstić information content (AvgIpc) is 3.07. The van der Waals surface area contributed by atoms with Gasteiger partial charge < -0.3 is 19.9 Å². The summed E-state index contributed by atoms with van der Waals surface area (Å²) >= 11 is 3.56. The monoisotopic (exact) mass is 463 g/mol. The smallest absolute Gasteiger partial charge is 0.197 e. The second kappa shape index (κ2) is 6.91. The van der Waals surface area contributed by atoms with Crippen molar-refractivity contribution in [2.24, 2.45) is 22.7 Å². The standard InChI is InChI=1S/C24H34BrNO3/c1-6-23(5)14(2)7-10-18-22(3,4)19(27)11-12-24(18,23)29-17-9-8-16(25)20-15(17)13-26-21(20)28/h8-9,13-14,18-19,26-28H,6-7,10-12H2,1-5H3. The van der Waals surface area contributed by atoms with E-state index in [4.69, 9.17) is 4.74 Å². The predicted octanol–water partition coefficient (Wildman–Crippen LogP) is 6.40. The fraction of sp³-hybridized carbons (Fsp3) is 0.667. The lowest BCUT2D eigenvalue weighted by molar-refractivity contribution is -0.227. The first-order valence-electron chi connectivity index (χ1n) is 10.9. The van der Waals surface area contributed by atoms with Crippen molar-refractivity contribution in [1.82, 2.24) is 4.98 Å². The highest BCUT2D eigenvalue weighted by Crippen LogP contribution is 2.64. The Morgan fingerprint density at radius 3 is 2.62 bits per heavy atom. The lowest BCUT2D eigenvalue weighted by atomic mass is 9.44. The molecular weight excluding hydrogens is 430 g/mol. The second-order valence-corrected chi connectivity index (χ2v) is 11.0. The Balaban J connectivity index is 1.90. The minimum Gasteiger partial charge on any atom is -0.494 e. The highest BCUT2D eigenvalue weighted by atomic mass is 79.9. The van der Waals surface area contributed by atoms with Crippen LogP contribution >= 0.6 is 15.9 Å². The molecule has 2 aliphatic rings. The Bertz CT molecular complexity index is 922. The maximum absolute atomic E-state index is 10.9. The first-order valence-corrected chi connectivity index (χ1v) is 11.7. The molecule has 0 radical (unpaired) electrons. The summed E-state index contributed by atoms with van der Waals surface area (Å²) in [5.41, 5.74) is -0.551. The quantitative estimate of drug-likeness (QED) is 0.493. The molecule has 2 fully saturated rings. The van der Waals surface area contributed by atoms with Crippen LogP contribution in [0.3, 0.4) is 0 Å². The second-order valence-electron chi connectivity index (χ2n) is 10.1. The summed E-state index contributed by atoms with van der Waals surface area (Å²) in [4.78, 5) is 2.94. The SMILES string of the molecule is CCC1(C)C(C)CCC2C(C)(C)C(O)CCC21Oc1ccc(Br)c2c(O)[nH]cc12. The van der Waals surface area contributed by atoms with E-state index in [1.165, 1.54) is 0 Å². The summed E-state index contributed by atoms with van der Waals surface area (Å²) in [7, 11) is 0. The van der Waals surface area contributed by atoms with Crippen molar-refractivity contribution in [2.75, 3.05) is 0 Å². The fourth-order valence-electron chi connectivity index (χ4n) is 6.51. The van der Waals surface area contributed by atoms with Crippen LogP contribution in [0.5, 0.6) is 11.6 Å². The van der Waals surface area contributed by atoms with Gasteiger partial charge >= 0.3 is 0 Å². The molecule has 2 saturated carbocycles. The topological polar surface area (TPSA) is 65.5 Å². The van der Waals surface area contributed by atoms with Crippen molar-refractivity contribution in [1.29, 1.82) is 0 Å². The minimum absolute atomic E-state index is 0.00504. The van der Waals surface area contributed by atoms with Crippen LogP contribution in [0.1, 0.15) is 66.7 Å². The van der Waals surface area contributed by atoms with Crippen molar-refractivity contribution in [3.8, 4) is 11.6 Å². The van der Waals surface area contributed by atoms with E-state index in [9.17, 15) is 10.2 Å². The number of aliphatic hydroxyl groups excluding tert-OH is 1. The first-order chi connectivity index (χ1) is 13.6. The molecule has 3 N–H and O–H groups in total. The lowest BCUT2D eigenvalue weighted by Crippen LogP contribution is -2.68. The van der Waals surface area contributed by atoms with Crippen molar-refractivity contribution in [3.63, 3.8) is 0 Å². The van der Waals surface area contributed by atoms with Crippen LogP contribution in [0.15, 0.2) is 22.8 Å². The number of aromatic hydroxyl groups is 1. The first kappa shape index (κ1) is 21.0. The zero-order valence-electron chi connectivity index (χ0n) is 18.2. The number of aromatic amines is 1. The molecule has 0 saturated heterocycles. The van der Waals surface area contributed by atoms with E-state index in [-0.39, 0.29) is 34.3 Å². The van der Waals surface area contributed by atoms with Gasteiger partial charge in [-0.05, 0) is 71.5 Å². The molecular formula is C24H34BrNO3. The summed E-state index contributed by atoms with van der Waals surface area (Å²) in [6.07, 6.45) is 6.40. The van der Waals surface area contributed by atoms with Crippen LogP contribution in [0.25, 0.3) is 10.8 Å². The maximum atomic E-state index is 10.9. The van der Waals surface area contributed by atoms with Gasteiger partial charge in [-0.1, -0.05) is 34.6 Å². The number of ether oxygens (including phenoxy) is 1. The number of benzene rings is 1. The fourth-order valence-corrected chi connectivity index (χ4v) is 7.05. The van der Waals surface area contributed by atoms with E-state index in [1.54, 1.807) is 0 Å². The summed E-state index contributed by atoms with van der Waals surface area (Å²) in [6.45, 7) is 11.5. The normalized spacial score (nSPS) is 36.7. The van der Waals surface area contributed by atoms with E-state index >= 15 is 0 Å². The Morgan fingerprint density at radius 1 is 1.21 bits per heavy atom. The van der Waals surface area contributed by atoms with Gasteiger partial charge in [0.2, 0.25) is 0 Å². The molecule has 29 heavy (non-hydrogen) atoms. The molecule has 4 nitrogen and oxygen atoms in total. The molecule has 0 amide bonds. The third kappa shape index (κ3) is 2.79. The number of aromatic nitrogens is 1. The number of H-pyrrole nitrogens is 1. The lowest BCUT2D eigenvalue weighted by Gasteiger charge is -2.65. The molecule has 1 aromatic heterocycles. The van der Waals surface area contributed by atoms with Crippen molar-refractivity contribution in [2.45, 2.75) is 78.4 Å². The van der Waals surface area contributed by atoms with Crippen LogP contribution in [0.2, 0.25) is 0 Å². The van der Waals surface area contributed by atoms with Gasteiger partial charge in [0.15, 0.2) is 5.88 Å². The van der Waals surface area contributed by atoms with Gasteiger partial charge in [-0.15, -0.1) is 0 Å². The zero-order chi connectivity index (χ0) is 21.2. The number of aliphatic hydroxyl groups is 1. The molecule has 5 atom stereocenters. The molecule has 1 aromatic carbocycles. The molecule has 2 aliphatic carbocycles. The summed E-state index contributed by atoms with van der Waals surface area (Å²) in [6, 6.07) is 3.97. The molecule has 5 heteroatoms.